The second-order valence-corrected chi connectivity index (χ2v) is 8.35. The molecule has 0 aromatic rings. The number of thioether (sulfide) groups is 1. The number of rotatable bonds is 15. The highest BCUT2D eigenvalue weighted by atomic mass is 32.2. The van der Waals surface area contributed by atoms with E-state index in [-0.39, 0.29) is 12.3 Å². The van der Waals surface area contributed by atoms with Crippen LogP contribution in [0, 0.1) is 5.92 Å². The lowest BCUT2D eigenvalue weighted by molar-refractivity contribution is -0.138. The van der Waals surface area contributed by atoms with Crippen LogP contribution in [0.25, 0.3) is 0 Å². The molecule has 4 amide bonds. The number of carbonyl (C=O) groups excluding carboxylic acids is 4. The number of aliphatic hydroxyl groups excluding tert-OH is 1. The van der Waals surface area contributed by atoms with E-state index in [1.807, 2.05) is 6.92 Å². The molecule has 0 aliphatic rings. The second kappa shape index (κ2) is 15.4. The van der Waals surface area contributed by atoms with Gasteiger partial charge in [-0.3, -0.25) is 24.0 Å². The van der Waals surface area contributed by atoms with Crippen LogP contribution in [0.4, 0.5) is 0 Å². The first-order valence-electron chi connectivity index (χ1n) is 10.2. The van der Waals surface area contributed by atoms with Crippen LogP contribution in [-0.4, -0.2) is 89.1 Å². The van der Waals surface area contributed by atoms with Gasteiger partial charge in [0.1, 0.15) is 18.6 Å². The predicted octanol–water partition coefficient (Wildman–Crippen LogP) is -2.22. The minimum Gasteiger partial charge on any atom is -0.480 e. The summed E-state index contributed by atoms with van der Waals surface area (Å²) in [6.07, 6.45) is 1.39. The summed E-state index contributed by atoms with van der Waals surface area (Å²) >= 11 is 1.42. The summed E-state index contributed by atoms with van der Waals surface area (Å²) in [7, 11) is 0. The van der Waals surface area contributed by atoms with Crippen LogP contribution >= 0.6 is 11.8 Å². The van der Waals surface area contributed by atoms with E-state index in [4.69, 9.17) is 10.8 Å². The van der Waals surface area contributed by atoms with Crippen LogP contribution in [0.15, 0.2) is 0 Å². The molecule has 0 saturated carbocycles. The maximum atomic E-state index is 12.6. The van der Waals surface area contributed by atoms with Crippen molar-refractivity contribution >= 4 is 41.4 Å². The molecule has 0 fully saturated rings. The Morgan fingerprint density at radius 2 is 1.56 bits per heavy atom. The SMILES string of the molecule is CC[C@H](C)[C@H](N)C(=O)NCC(=O)N[C@H](C(=O)N[C@@H](CCSC)C(=O)NCC(=O)O)[C@@H](C)O. The largest absolute Gasteiger partial charge is 0.480 e. The van der Waals surface area contributed by atoms with Crippen molar-refractivity contribution in [3.05, 3.63) is 0 Å². The summed E-state index contributed by atoms with van der Waals surface area (Å²) in [6, 6.07) is -3.24. The van der Waals surface area contributed by atoms with Crippen molar-refractivity contribution in [1.82, 2.24) is 21.3 Å². The van der Waals surface area contributed by atoms with Gasteiger partial charge in [0.25, 0.3) is 0 Å². The Balaban J connectivity index is 5.01. The number of aliphatic hydroxyl groups is 1. The number of hydrogen-bond donors (Lipinski definition) is 7. The molecule has 0 aromatic carbocycles. The van der Waals surface area contributed by atoms with Gasteiger partial charge in [0.15, 0.2) is 0 Å². The van der Waals surface area contributed by atoms with Crippen LogP contribution in [-0.2, 0) is 24.0 Å². The fourth-order valence-corrected chi connectivity index (χ4v) is 2.95. The van der Waals surface area contributed by atoms with E-state index in [9.17, 15) is 29.1 Å². The van der Waals surface area contributed by atoms with Gasteiger partial charge in [0, 0.05) is 0 Å². The van der Waals surface area contributed by atoms with Gasteiger partial charge in [0.2, 0.25) is 23.6 Å². The molecule has 0 saturated heterocycles. The lowest BCUT2D eigenvalue weighted by atomic mass is 9.99. The number of carboxylic acid groups (broad SMARTS) is 1. The lowest BCUT2D eigenvalue weighted by Crippen LogP contribution is -2.58. The number of nitrogens with one attached hydrogen (secondary N) is 4. The van der Waals surface area contributed by atoms with Gasteiger partial charge >= 0.3 is 5.97 Å². The Morgan fingerprint density at radius 3 is 2.06 bits per heavy atom. The average molecular weight is 478 g/mol. The number of aliphatic carboxylic acids is 1. The number of carboxylic acids is 1. The Hall–Kier alpha value is -2.38. The molecule has 5 atom stereocenters. The van der Waals surface area contributed by atoms with E-state index in [1.165, 1.54) is 18.7 Å². The molecule has 12 nitrogen and oxygen atoms in total. The third kappa shape index (κ3) is 11.3. The molecule has 13 heteroatoms. The summed E-state index contributed by atoms with van der Waals surface area (Å²) in [4.78, 5) is 59.7. The van der Waals surface area contributed by atoms with Crippen molar-refractivity contribution in [2.24, 2.45) is 11.7 Å². The minimum atomic E-state index is -1.40. The monoisotopic (exact) mass is 477 g/mol. The molecule has 0 bridgehead atoms. The fourth-order valence-electron chi connectivity index (χ4n) is 2.48. The number of amides is 4. The van der Waals surface area contributed by atoms with Crippen molar-refractivity contribution in [3.63, 3.8) is 0 Å². The second-order valence-electron chi connectivity index (χ2n) is 7.37. The van der Waals surface area contributed by atoms with Crippen LogP contribution in [0.1, 0.15) is 33.6 Å². The zero-order valence-corrected chi connectivity index (χ0v) is 19.7. The van der Waals surface area contributed by atoms with E-state index < -0.39 is 66.9 Å². The van der Waals surface area contributed by atoms with Crippen LogP contribution in [0.5, 0.6) is 0 Å². The first-order chi connectivity index (χ1) is 14.9. The number of carbonyl (C=O) groups is 5. The smallest absolute Gasteiger partial charge is 0.322 e. The van der Waals surface area contributed by atoms with E-state index >= 15 is 0 Å². The highest BCUT2D eigenvalue weighted by molar-refractivity contribution is 7.98. The van der Waals surface area contributed by atoms with Crippen molar-refractivity contribution in [1.29, 1.82) is 0 Å². The predicted molar refractivity (Wildman–Crippen MR) is 120 cm³/mol. The van der Waals surface area contributed by atoms with Gasteiger partial charge in [-0.2, -0.15) is 11.8 Å². The topological polar surface area (TPSA) is 200 Å². The standard InChI is InChI=1S/C19H35N5O7S/c1-5-10(2)15(20)18(30)21-8-13(26)24-16(11(3)25)19(31)23-12(6-7-32-4)17(29)22-9-14(27)28/h10-12,15-16,25H,5-9,20H2,1-4H3,(H,21,30)(H,22,29)(H,23,31)(H,24,26)(H,27,28)/t10-,11+,12-,15-,16-/m0/s1. The summed E-state index contributed by atoms with van der Waals surface area (Å²) in [5, 5.41) is 28.0. The molecule has 32 heavy (non-hydrogen) atoms. The molecule has 0 aliphatic heterocycles. The summed E-state index contributed by atoms with van der Waals surface area (Å²) < 4.78 is 0. The molecule has 0 heterocycles. The molecular weight excluding hydrogens is 442 g/mol. The maximum absolute atomic E-state index is 12.6. The van der Waals surface area contributed by atoms with Crippen molar-refractivity contribution in [3.8, 4) is 0 Å². The third-order valence-electron chi connectivity index (χ3n) is 4.72. The van der Waals surface area contributed by atoms with Gasteiger partial charge in [-0.1, -0.05) is 20.3 Å². The Morgan fingerprint density at radius 1 is 0.969 bits per heavy atom. The molecule has 184 valence electrons. The van der Waals surface area contributed by atoms with Crippen LogP contribution in [0.3, 0.4) is 0 Å². The molecule has 0 radical (unpaired) electrons. The Kier molecular flexibility index (Phi) is 14.3. The van der Waals surface area contributed by atoms with Crippen molar-refractivity contribution in [2.45, 2.75) is 57.8 Å². The summed E-state index contributed by atoms with van der Waals surface area (Å²) in [5.74, 6) is -3.59. The molecule has 8 N–H and O–H groups in total. The summed E-state index contributed by atoms with van der Waals surface area (Å²) in [6.45, 7) is 3.90. The highest BCUT2D eigenvalue weighted by Crippen LogP contribution is 2.05. The van der Waals surface area contributed by atoms with E-state index in [2.05, 4.69) is 21.3 Å². The van der Waals surface area contributed by atoms with Gasteiger partial charge in [-0.15, -0.1) is 0 Å². The van der Waals surface area contributed by atoms with Crippen LogP contribution in [0.2, 0.25) is 0 Å². The average Bonchev–Trinajstić information content (AvgIpc) is 2.75. The zero-order chi connectivity index (χ0) is 24.8. The zero-order valence-electron chi connectivity index (χ0n) is 18.8. The molecule has 0 aliphatic carbocycles. The first kappa shape index (κ1) is 29.6. The normalized spacial score (nSPS) is 15.4. The number of nitrogens with two attached hydrogens (primary N) is 1. The molecular formula is C19H35N5O7S. The van der Waals surface area contributed by atoms with Gasteiger partial charge in [-0.05, 0) is 31.3 Å². The number of hydrogen-bond acceptors (Lipinski definition) is 8. The van der Waals surface area contributed by atoms with Gasteiger partial charge in [-0.25, -0.2) is 0 Å². The van der Waals surface area contributed by atoms with E-state index in [0.29, 0.717) is 12.2 Å². The van der Waals surface area contributed by atoms with Gasteiger partial charge in [0.05, 0.1) is 18.7 Å². The fraction of sp³-hybridized carbons (Fsp3) is 0.737. The first-order valence-corrected chi connectivity index (χ1v) is 11.6. The molecule has 0 spiro atoms. The summed E-state index contributed by atoms with van der Waals surface area (Å²) in [5.41, 5.74) is 5.80. The Labute approximate surface area is 191 Å². The third-order valence-corrected chi connectivity index (χ3v) is 5.37. The lowest BCUT2D eigenvalue weighted by Gasteiger charge is -2.25. The van der Waals surface area contributed by atoms with E-state index in [1.54, 1.807) is 13.2 Å². The molecule has 0 rings (SSSR count). The highest BCUT2D eigenvalue weighted by Gasteiger charge is 2.30. The minimum absolute atomic E-state index is 0.0838. The Bertz CT molecular complexity index is 662. The van der Waals surface area contributed by atoms with E-state index in [0.717, 1.165) is 0 Å². The van der Waals surface area contributed by atoms with Crippen molar-refractivity contribution in [2.75, 3.05) is 25.1 Å². The maximum Gasteiger partial charge on any atom is 0.322 e. The quantitative estimate of drug-likeness (QED) is 0.136. The van der Waals surface area contributed by atoms with Crippen molar-refractivity contribution < 1.29 is 34.2 Å². The molecule has 0 aromatic heterocycles. The van der Waals surface area contributed by atoms with Gasteiger partial charge < -0.3 is 37.2 Å². The van der Waals surface area contributed by atoms with Crippen LogP contribution < -0.4 is 27.0 Å². The molecule has 0 unspecified atom stereocenters.